The van der Waals surface area contributed by atoms with Gasteiger partial charge in [-0.2, -0.15) is 0 Å². The summed E-state index contributed by atoms with van der Waals surface area (Å²) in [6.45, 7) is 11.1. The number of ether oxygens (including phenoxy) is 9. The third-order valence-electron chi connectivity index (χ3n) is 13.5. The fraction of sp³-hybridized carbons (Fsp3) is 0.846. The molecule has 8 unspecified atom stereocenters. The minimum absolute atomic E-state index is 0.0117. The molecule has 0 aromatic rings. The number of carbonyl (C=O) groups is 2. The molecule has 0 aliphatic carbocycles. The van der Waals surface area contributed by atoms with Gasteiger partial charge in [0.25, 0.3) is 0 Å². The summed E-state index contributed by atoms with van der Waals surface area (Å²) >= 11 is 0. The van der Waals surface area contributed by atoms with Gasteiger partial charge >= 0.3 is 0 Å². The van der Waals surface area contributed by atoms with Crippen LogP contribution in [0.15, 0.2) is 24.3 Å². The Kier molecular flexibility index (Phi) is 9.17. The Morgan fingerprint density at radius 2 is 1.52 bits per heavy atom. The van der Waals surface area contributed by atoms with Crippen LogP contribution in [0.25, 0.3) is 0 Å². The number of hydrogen-bond acceptors (Lipinski definition) is 11. The fourth-order valence-corrected chi connectivity index (χ4v) is 11.0. The number of hydrogen-bond donors (Lipinski definition) is 0. The minimum Gasteiger partial charge on any atom is -0.378 e. The van der Waals surface area contributed by atoms with Crippen molar-refractivity contribution < 1.29 is 52.2 Å². The van der Waals surface area contributed by atoms with Gasteiger partial charge in [-0.25, -0.2) is 0 Å². The normalized spacial score (nSPS) is 53.2. The van der Waals surface area contributed by atoms with Crippen molar-refractivity contribution in [2.24, 2.45) is 11.8 Å². The van der Waals surface area contributed by atoms with E-state index < -0.39 is 11.9 Å². The lowest BCUT2D eigenvalue weighted by molar-refractivity contribution is -0.292. The van der Waals surface area contributed by atoms with Crippen LogP contribution in [0.4, 0.5) is 0 Å². The molecule has 10 heterocycles. The molecule has 10 saturated heterocycles. The van der Waals surface area contributed by atoms with E-state index in [4.69, 9.17) is 42.6 Å². The van der Waals surface area contributed by atoms with Gasteiger partial charge in [0.05, 0.1) is 61.0 Å². The Labute approximate surface area is 295 Å². The highest BCUT2D eigenvalue weighted by molar-refractivity contribution is 5.79. The molecule has 10 rings (SSSR count). The van der Waals surface area contributed by atoms with Crippen LogP contribution in [-0.2, 0) is 52.2 Å². The molecule has 1 spiro atoms. The quantitative estimate of drug-likeness (QED) is 0.310. The Morgan fingerprint density at radius 1 is 0.760 bits per heavy atom. The monoisotopic (exact) mass is 698 g/mol. The summed E-state index contributed by atoms with van der Waals surface area (Å²) in [6, 6.07) is 0. The van der Waals surface area contributed by atoms with Crippen molar-refractivity contribution in [2.45, 2.75) is 188 Å². The molecule has 10 fully saturated rings. The summed E-state index contributed by atoms with van der Waals surface area (Å²) < 4.78 is 59.6. The number of methoxy groups -OCH3 is 1. The lowest BCUT2D eigenvalue weighted by atomic mass is 9.81. The number of aldehydes is 1. The molecule has 11 nitrogen and oxygen atoms in total. The largest absolute Gasteiger partial charge is 0.378 e. The van der Waals surface area contributed by atoms with Gasteiger partial charge in [0.1, 0.15) is 42.6 Å². The maximum Gasteiger partial charge on any atom is 0.172 e. The molecule has 0 amide bonds. The highest BCUT2D eigenvalue weighted by Gasteiger charge is 2.68. The van der Waals surface area contributed by atoms with E-state index in [-0.39, 0.29) is 122 Å². The standard InChI is InChI=1S/C39H54O11/c1-19-13-23-5-7-27-20(2)14-25(43-27)9-11-39-18-32-35(49-39)36-37(48-32)38(50-39)34-28(47-36)8-6-24(45-34)15-22(41)16-26-31(17-30(44-23)21(19)3)46-29(10-12-40)33(26)42-4/h12,19,23-38H,2-3,5-11,13-18H2,1,4H3/t19?,23?,24?,25?,26?,27-,28-,29+,30?,31-,32?,33+,34-,35?,36-,37+,38-,39-/m0/s1. The van der Waals surface area contributed by atoms with E-state index in [0.717, 1.165) is 62.4 Å². The molecular weight excluding hydrogens is 644 g/mol. The topological polar surface area (TPSA) is 117 Å². The van der Waals surface area contributed by atoms with E-state index in [1.165, 1.54) is 0 Å². The number of carbonyl (C=O) groups excluding carboxylic acids is 2. The van der Waals surface area contributed by atoms with E-state index >= 15 is 0 Å². The number of ketones is 1. The number of fused-ring (bicyclic) bond motifs is 6. The van der Waals surface area contributed by atoms with Gasteiger partial charge in [-0.1, -0.05) is 20.1 Å². The van der Waals surface area contributed by atoms with Crippen molar-refractivity contribution in [1.29, 1.82) is 0 Å². The third-order valence-corrected chi connectivity index (χ3v) is 13.5. The van der Waals surface area contributed by atoms with Crippen molar-refractivity contribution in [3.05, 3.63) is 24.3 Å². The summed E-state index contributed by atoms with van der Waals surface area (Å²) in [7, 11) is 1.64. The van der Waals surface area contributed by atoms with Crippen molar-refractivity contribution >= 4 is 12.1 Å². The molecule has 0 radical (unpaired) electrons. The predicted molar refractivity (Wildman–Crippen MR) is 177 cm³/mol. The maximum atomic E-state index is 13.9. The second-order valence-corrected chi connectivity index (χ2v) is 16.7. The van der Waals surface area contributed by atoms with Crippen LogP contribution < -0.4 is 0 Å². The Morgan fingerprint density at radius 3 is 2.36 bits per heavy atom. The first-order chi connectivity index (χ1) is 24.2. The second-order valence-electron chi connectivity index (χ2n) is 16.7. The molecule has 0 aromatic heterocycles. The van der Waals surface area contributed by atoms with Gasteiger partial charge < -0.3 is 47.4 Å². The van der Waals surface area contributed by atoms with E-state index in [1.807, 2.05) is 0 Å². The molecular formula is C39H54O11. The minimum atomic E-state index is -0.776. The first kappa shape index (κ1) is 34.2. The highest BCUT2D eigenvalue weighted by Crippen LogP contribution is 2.54. The van der Waals surface area contributed by atoms with E-state index in [1.54, 1.807) is 7.11 Å². The van der Waals surface area contributed by atoms with Gasteiger partial charge in [-0.05, 0) is 62.0 Å². The number of Topliss-reactive ketones (excluding diaryl/α,β-unsaturated/α-hetero) is 1. The molecule has 0 aromatic carbocycles. The fourth-order valence-electron chi connectivity index (χ4n) is 11.0. The average Bonchev–Trinajstić information content (AvgIpc) is 3.76. The molecule has 50 heavy (non-hydrogen) atoms. The van der Waals surface area contributed by atoms with Crippen molar-refractivity contribution in [3.8, 4) is 0 Å². The molecule has 0 saturated carbocycles. The summed E-state index contributed by atoms with van der Waals surface area (Å²) in [6.07, 6.45) is 6.39. The molecule has 11 heteroatoms. The number of rotatable bonds is 3. The van der Waals surface area contributed by atoms with Gasteiger partial charge in [-0.3, -0.25) is 4.79 Å². The molecule has 0 N–H and O–H groups in total. The summed E-state index contributed by atoms with van der Waals surface area (Å²) in [5.41, 5.74) is 2.20. The molecule has 18 atom stereocenters. The second kappa shape index (κ2) is 13.4. The van der Waals surface area contributed by atoms with Gasteiger partial charge in [-0.15, -0.1) is 0 Å². The maximum absolute atomic E-state index is 13.9. The Balaban J connectivity index is 0.996. The lowest BCUT2D eigenvalue weighted by Crippen LogP contribution is -2.61. The van der Waals surface area contributed by atoms with Crippen LogP contribution >= 0.6 is 0 Å². The summed E-state index contributed by atoms with van der Waals surface area (Å²) in [5, 5.41) is 0. The first-order valence-corrected chi connectivity index (χ1v) is 19.3. The van der Waals surface area contributed by atoms with Crippen molar-refractivity contribution in [3.63, 3.8) is 0 Å². The van der Waals surface area contributed by atoms with Crippen LogP contribution in [0.2, 0.25) is 0 Å². The van der Waals surface area contributed by atoms with Crippen LogP contribution in [0.3, 0.4) is 0 Å². The average molecular weight is 699 g/mol. The third kappa shape index (κ3) is 6.00. The highest BCUT2D eigenvalue weighted by atomic mass is 16.8. The van der Waals surface area contributed by atoms with Crippen LogP contribution in [-0.4, -0.2) is 117 Å². The van der Waals surface area contributed by atoms with Crippen LogP contribution in [0.5, 0.6) is 0 Å². The zero-order valence-corrected chi connectivity index (χ0v) is 29.5. The molecule has 12 bridgehead atoms. The SMILES string of the molecule is C=C1C(C)CC2CC[C@@H]3OC(CC[C@@]45CC6O[C@H]7[C@@H](O4)[C@H]4OC(CC[C@@H]4O[C@H]7C6O5)CC(=O)CC4[C@H](CC1O2)O[C@H](CC=O)[C@@H]4OC)CC3=C. The summed E-state index contributed by atoms with van der Waals surface area (Å²) in [5.74, 6) is -0.608. The van der Waals surface area contributed by atoms with Gasteiger partial charge in [0.15, 0.2) is 5.79 Å². The van der Waals surface area contributed by atoms with Gasteiger partial charge in [0.2, 0.25) is 0 Å². The first-order valence-electron chi connectivity index (χ1n) is 19.3. The smallest absolute Gasteiger partial charge is 0.172 e. The van der Waals surface area contributed by atoms with E-state index in [2.05, 4.69) is 20.1 Å². The zero-order valence-electron chi connectivity index (χ0n) is 29.5. The van der Waals surface area contributed by atoms with E-state index in [0.29, 0.717) is 19.3 Å². The van der Waals surface area contributed by atoms with Crippen LogP contribution in [0.1, 0.15) is 90.4 Å². The lowest BCUT2D eigenvalue weighted by Gasteiger charge is -2.47. The van der Waals surface area contributed by atoms with Crippen molar-refractivity contribution in [1.82, 2.24) is 0 Å². The Bertz CT molecular complexity index is 1350. The van der Waals surface area contributed by atoms with Crippen molar-refractivity contribution in [2.75, 3.05) is 7.11 Å². The molecule has 10 aliphatic rings. The molecule has 10 aliphatic heterocycles. The predicted octanol–water partition coefficient (Wildman–Crippen LogP) is 4.32. The van der Waals surface area contributed by atoms with Crippen LogP contribution in [0, 0.1) is 11.8 Å². The Hall–Kier alpha value is -1.54. The van der Waals surface area contributed by atoms with E-state index in [9.17, 15) is 9.59 Å². The summed E-state index contributed by atoms with van der Waals surface area (Å²) in [4.78, 5) is 25.6. The zero-order chi connectivity index (χ0) is 34.3. The van der Waals surface area contributed by atoms with Gasteiger partial charge in [0, 0.05) is 51.6 Å². The molecule has 276 valence electrons.